The largest absolute Gasteiger partial charge is 0.449 e. The van der Waals surface area contributed by atoms with Crippen LogP contribution >= 0.6 is 0 Å². The highest BCUT2D eigenvalue weighted by molar-refractivity contribution is 6.45. The molecule has 3 rings (SSSR count). The van der Waals surface area contributed by atoms with Crippen LogP contribution in [0.2, 0.25) is 0 Å². The first kappa shape index (κ1) is 11.7. The molecule has 0 bridgehead atoms. The Morgan fingerprint density at radius 1 is 0.895 bits per heavy atom. The molecule has 0 radical (unpaired) electrons. The minimum absolute atomic E-state index is 0.0641. The summed E-state index contributed by atoms with van der Waals surface area (Å²) in [5, 5.41) is 13.4. The summed E-state index contributed by atoms with van der Waals surface area (Å²) in [4.78, 5) is 0. The molecule has 2 aromatic carbocycles. The fourth-order valence-corrected chi connectivity index (χ4v) is 2.00. The second kappa shape index (κ2) is 5.12. The first-order valence-electron chi connectivity index (χ1n) is 6.17. The van der Waals surface area contributed by atoms with E-state index in [-0.39, 0.29) is 7.48 Å². The Kier molecular flexibility index (Phi) is 3.17. The minimum atomic E-state index is 0.0641. The zero-order valence-corrected chi connectivity index (χ0v) is 10.4. The van der Waals surface area contributed by atoms with Crippen LogP contribution in [-0.4, -0.2) is 22.3 Å². The lowest BCUT2D eigenvalue weighted by Crippen LogP contribution is -2.12. The number of benzene rings is 2. The van der Waals surface area contributed by atoms with Gasteiger partial charge in [0.2, 0.25) is 0 Å². The van der Waals surface area contributed by atoms with Gasteiger partial charge in [0.05, 0.1) is 11.9 Å². The normalized spacial score (nSPS) is 10.4. The van der Waals surface area contributed by atoms with E-state index in [1.54, 1.807) is 0 Å². The number of aromatic nitrogens is 2. The predicted molar refractivity (Wildman–Crippen MR) is 78.0 cm³/mol. The lowest BCUT2D eigenvalue weighted by molar-refractivity contribution is 0.615. The van der Waals surface area contributed by atoms with E-state index in [1.165, 1.54) is 0 Å². The number of hydrogen-bond acceptors (Lipinski definition) is 2. The van der Waals surface area contributed by atoms with Gasteiger partial charge >= 0.3 is 7.48 Å². The highest BCUT2D eigenvalue weighted by Crippen LogP contribution is 2.19. The predicted octanol–water partition coefficient (Wildman–Crippen LogP) is 1.51. The highest BCUT2D eigenvalue weighted by Gasteiger charge is 2.03. The molecule has 1 N–H and O–H groups in total. The van der Waals surface area contributed by atoms with E-state index >= 15 is 0 Å². The maximum Gasteiger partial charge on any atom is 0.304 e. The average Bonchev–Trinajstić information content (AvgIpc) is 2.98. The molecule has 0 fully saturated rings. The maximum atomic E-state index is 9.03. The van der Waals surface area contributed by atoms with Crippen molar-refractivity contribution in [1.29, 1.82) is 0 Å². The van der Waals surface area contributed by atoms with Crippen molar-refractivity contribution >= 4 is 12.9 Å². The first-order valence-corrected chi connectivity index (χ1v) is 6.17. The lowest BCUT2D eigenvalue weighted by Gasteiger charge is -2.01. The van der Waals surface area contributed by atoms with E-state index in [1.807, 2.05) is 59.5 Å². The van der Waals surface area contributed by atoms with Crippen LogP contribution in [0.4, 0.5) is 0 Å². The lowest BCUT2D eigenvalue weighted by atomic mass is 9.89. The summed E-state index contributed by atoms with van der Waals surface area (Å²) >= 11 is 0. The quantitative estimate of drug-likeness (QED) is 0.713. The van der Waals surface area contributed by atoms with Crippen molar-refractivity contribution in [3.05, 3.63) is 67.0 Å². The van der Waals surface area contributed by atoms with E-state index in [4.69, 9.17) is 5.02 Å². The van der Waals surface area contributed by atoms with Crippen molar-refractivity contribution in [2.75, 3.05) is 0 Å². The van der Waals surface area contributed by atoms with E-state index < -0.39 is 0 Å². The minimum Gasteiger partial charge on any atom is -0.449 e. The summed E-state index contributed by atoms with van der Waals surface area (Å²) in [5.74, 6) is 0. The van der Waals surface area contributed by atoms with Gasteiger partial charge in [-0.3, -0.25) is 0 Å². The molecule has 0 unspecified atom stereocenters. The van der Waals surface area contributed by atoms with Crippen LogP contribution in [-0.2, 0) is 0 Å². The molecule has 0 saturated heterocycles. The Bertz CT molecular complexity index is 662. The Hall–Kier alpha value is -2.33. The molecule has 0 aliphatic rings. The molecule has 0 atom stereocenters. The van der Waals surface area contributed by atoms with Crippen LogP contribution in [0.1, 0.15) is 0 Å². The number of hydrogen-bond donors (Lipinski definition) is 1. The summed E-state index contributed by atoms with van der Waals surface area (Å²) in [6, 6.07) is 17.9. The summed E-state index contributed by atoms with van der Waals surface area (Å²) in [6.45, 7) is 0. The van der Waals surface area contributed by atoms with Crippen LogP contribution in [0.25, 0.3) is 16.8 Å². The third-order valence-corrected chi connectivity index (χ3v) is 3.07. The Morgan fingerprint density at radius 2 is 1.63 bits per heavy atom. The van der Waals surface area contributed by atoms with Gasteiger partial charge < -0.3 is 5.02 Å². The monoisotopic (exact) mass is 248 g/mol. The molecule has 0 spiro atoms. The molecule has 1 aromatic heterocycles. The first-order chi connectivity index (χ1) is 9.36. The smallest absolute Gasteiger partial charge is 0.304 e. The van der Waals surface area contributed by atoms with E-state index in [0.717, 1.165) is 22.3 Å². The summed E-state index contributed by atoms with van der Waals surface area (Å²) < 4.78 is 1.84. The molecule has 0 amide bonds. The van der Waals surface area contributed by atoms with Crippen LogP contribution in [0.15, 0.2) is 67.0 Å². The van der Waals surface area contributed by atoms with Gasteiger partial charge in [-0.2, -0.15) is 5.10 Å². The summed E-state index contributed by atoms with van der Waals surface area (Å²) in [6.07, 6.45) is 3.86. The molecule has 3 aromatic rings. The van der Waals surface area contributed by atoms with Gasteiger partial charge in [-0.1, -0.05) is 47.9 Å². The molecule has 0 saturated carbocycles. The molecule has 92 valence electrons. The van der Waals surface area contributed by atoms with E-state index in [9.17, 15) is 0 Å². The van der Waals surface area contributed by atoms with Crippen LogP contribution in [0.5, 0.6) is 0 Å². The van der Waals surface area contributed by atoms with Gasteiger partial charge in [0.1, 0.15) is 0 Å². The summed E-state index contributed by atoms with van der Waals surface area (Å²) in [5.41, 5.74) is 4.13. The van der Waals surface area contributed by atoms with Crippen LogP contribution in [0.3, 0.4) is 0 Å². The molecule has 3 nitrogen and oxygen atoms in total. The van der Waals surface area contributed by atoms with Gasteiger partial charge in [0, 0.05) is 11.8 Å². The van der Waals surface area contributed by atoms with Gasteiger partial charge in [0.25, 0.3) is 0 Å². The third kappa shape index (κ3) is 2.44. The maximum absolute atomic E-state index is 9.03. The second-order valence-corrected chi connectivity index (χ2v) is 4.36. The average molecular weight is 248 g/mol. The van der Waals surface area contributed by atoms with Crippen molar-refractivity contribution in [3.8, 4) is 16.8 Å². The molecule has 0 aliphatic carbocycles. The number of rotatable bonds is 3. The van der Waals surface area contributed by atoms with Crippen molar-refractivity contribution < 1.29 is 5.02 Å². The van der Waals surface area contributed by atoms with Crippen LogP contribution < -0.4 is 5.46 Å². The second-order valence-electron chi connectivity index (χ2n) is 4.36. The molecule has 0 aliphatic heterocycles. The Balaban J connectivity index is 1.92. The van der Waals surface area contributed by atoms with Crippen molar-refractivity contribution in [1.82, 2.24) is 9.78 Å². The Labute approximate surface area is 112 Å². The molecule has 4 heteroatoms. The molecular weight excluding hydrogens is 235 g/mol. The zero-order valence-electron chi connectivity index (χ0n) is 10.4. The van der Waals surface area contributed by atoms with Crippen molar-refractivity contribution in [2.45, 2.75) is 0 Å². The fraction of sp³-hybridized carbons (Fsp3) is 0. The molecular formula is C15H13BN2O. The summed E-state index contributed by atoms with van der Waals surface area (Å²) in [7, 11) is 0.0641. The SMILES string of the molecule is OBc1ccc(-n2cc(-c3ccccc3)cn2)cc1. The molecule has 1 heterocycles. The van der Waals surface area contributed by atoms with E-state index in [2.05, 4.69) is 17.2 Å². The van der Waals surface area contributed by atoms with Gasteiger partial charge in [0.15, 0.2) is 0 Å². The number of nitrogens with zero attached hydrogens (tertiary/aromatic N) is 2. The molecule has 19 heavy (non-hydrogen) atoms. The van der Waals surface area contributed by atoms with Gasteiger partial charge in [-0.05, 0) is 17.7 Å². The van der Waals surface area contributed by atoms with Gasteiger partial charge in [-0.15, -0.1) is 0 Å². The third-order valence-electron chi connectivity index (χ3n) is 3.07. The van der Waals surface area contributed by atoms with Crippen molar-refractivity contribution in [3.63, 3.8) is 0 Å². The zero-order chi connectivity index (χ0) is 13.1. The fourth-order valence-electron chi connectivity index (χ4n) is 2.00. The van der Waals surface area contributed by atoms with Crippen LogP contribution in [0, 0.1) is 0 Å². The standard InChI is InChI=1S/C15H13BN2O/c19-16-14-6-8-15(9-7-14)18-11-13(10-17-18)12-4-2-1-3-5-12/h1-11,16,19H. The topological polar surface area (TPSA) is 38.0 Å². The van der Waals surface area contributed by atoms with E-state index in [0.29, 0.717) is 0 Å². The van der Waals surface area contributed by atoms with Crippen molar-refractivity contribution in [2.24, 2.45) is 0 Å². The Morgan fingerprint density at radius 3 is 2.32 bits per heavy atom. The van der Waals surface area contributed by atoms with Gasteiger partial charge in [-0.25, -0.2) is 4.68 Å². The highest BCUT2D eigenvalue weighted by atomic mass is 16.2.